The van der Waals surface area contributed by atoms with Crippen molar-refractivity contribution in [2.24, 2.45) is 0 Å². The van der Waals surface area contributed by atoms with Crippen LogP contribution in [-0.4, -0.2) is 23.1 Å². The summed E-state index contributed by atoms with van der Waals surface area (Å²) in [5, 5.41) is 7.52. The number of carbonyl (C=O) groups is 1. The van der Waals surface area contributed by atoms with Crippen molar-refractivity contribution >= 4 is 33.5 Å². The first-order chi connectivity index (χ1) is 7.00. The SMILES string of the molecule is Cc1ccc(OCC(Cl)C(=O)O)c(Br)c1. The average Bonchev–Trinajstić information content (AvgIpc) is 2.15. The summed E-state index contributed by atoms with van der Waals surface area (Å²) >= 11 is 8.83. The number of hydrogen-bond acceptors (Lipinski definition) is 2. The second-order valence-electron chi connectivity index (χ2n) is 3.05. The van der Waals surface area contributed by atoms with Crippen molar-refractivity contribution in [1.82, 2.24) is 0 Å². The molecule has 0 aromatic heterocycles. The van der Waals surface area contributed by atoms with E-state index in [1.165, 1.54) is 0 Å². The number of alkyl halides is 1. The fourth-order valence-corrected chi connectivity index (χ4v) is 1.63. The molecule has 0 aliphatic carbocycles. The molecule has 0 amide bonds. The topological polar surface area (TPSA) is 46.5 Å². The summed E-state index contributed by atoms with van der Waals surface area (Å²) in [6, 6.07) is 5.54. The molecule has 0 radical (unpaired) electrons. The molecule has 1 aromatic rings. The van der Waals surface area contributed by atoms with Gasteiger partial charge in [-0.05, 0) is 40.5 Å². The van der Waals surface area contributed by atoms with E-state index < -0.39 is 11.3 Å². The van der Waals surface area contributed by atoms with E-state index in [1.54, 1.807) is 6.07 Å². The number of halogens is 2. The highest BCUT2D eigenvalue weighted by Gasteiger charge is 2.14. The molecule has 0 bridgehead atoms. The van der Waals surface area contributed by atoms with Crippen LogP contribution in [0.1, 0.15) is 5.56 Å². The molecule has 1 aromatic carbocycles. The lowest BCUT2D eigenvalue weighted by atomic mass is 10.2. The Morgan fingerprint density at radius 2 is 2.33 bits per heavy atom. The highest BCUT2D eigenvalue weighted by molar-refractivity contribution is 9.10. The largest absolute Gasteiger partial charge is 0.490 e. The van der Waals surface area contributed by atoms with Crippen molar-refractivity contribution in [2.75, 3.05) is 6.61 Å². The molecule has 3 nitrogen and oxygen atoms in total. The van der Waals surface area contributed by atoms with E-state index >= 15 is 0 Å². The third-order valence-corrected chi connectivity index (χ3v) is 2.67. The van der Waals surface area contributed by atoms with Gasteiger partial charge in [0, 0.05) is 0 Å². The van der Waals surface area contributed by atoms with Gasteiger partial charge in [0.25, 0.3) is 0 Å². The van der Waals surface area contributed by atoms with Crippen LogP contribution in [0.15, 0.2) is 22.7 Å². The molecule has 0 saturated carbocycles. The quantitative estimate of drug-likeness (QED) is 0.868. The van der Waals surface area contributed by atoms with Gasteiger partial charge in [-0.15, -0.1) is 11.6 Å². The zero-order chi connectivity index (χ0) is 11.4. The second kappa shape index (κ2) is 5.37. The van der Waals surface area contributed by atoms with Gasteiger partial charge in [0.2, 0.25) is 0 Å². The number of aliphatic carboxylic acids is 1. The maximum Gasteiger partial charge on any atom is 0.325 e. The number of aryl methyl sites for hydroxylation is 1. The molecule has 1 rings (SSSR count). The van der Waals surface area contributed by atoms with Crippen LogP contribution in [0.5, 0.6) is 5.75 Å². The number of rotatable bonds is 4. The first-order valence-corrected chi connectivity index (χ1v) is 5.49. The van der Waals surface area contributed by atoms with Gasteiger partial charge in [0.1, 0.15) is 12.4 Å². The predicted octanol–water partition coefficient (Wildman–Crippen LogP) is 2.83. The Hall–Kier alpha value is -0.740. The monoisotopic (exact) mass is 292 g/mol. The Balaban J connectivity index is 2.62. The molecule has 0 heterocycles. The van der Waals surface area contributed by atoms with Gasteiger partial charge in [-0.3, -0.25) is 4.79 Å². The Kier molecular flexibility index (Phi) is 4.42. The summed E-state index contributed by atoms with van der Waals surface area (Å²) in [5.74, 6) is -0.493. The van der Waals surface area contributed by atoms with Crippen LogP contribution in [0.25, 0.3) is 0 Å². The van der Waals surface area contributed by atoms with Crippen molar-refractivity contribution in [3.8, 4) is 5.75 Å². The van der Waals surface area contributed by atoms with Crippen molar-refractivity contribution in [1.29, 1.82) is 0 Å². The Labute approximate surface area is 101 Å². The summed E-state index contributed by atoms with van der Waals surface area (Å²) in [7, 11) is 0. The van der Waals surface area contributed by atoms with Gasteiger partial charge in [-0.2, -0.15) is 0 Å². The third-order valence-electron chi connectivity index (χ3n) is 1.74. The molecule has 0 saturated heterocycles. The minimum atomic E-state index is -1.08. The van der Waals surface area contributed by atoms with Crippen LogP contribution in [0.2, 0.25) is 0 Å². The lowest BCUT2D eigenvalue weighted by Gasteiger charge is -2.09. The number of carboxylic acids is 1. The lowest BCUT2D eigenvalue weighted by Crippen LogP contribution is -2.21. The number of hydrogen-bond donors (Lipinski definition) is 1. The third kappa shape index (κ3) is 3.72. The number of ether oxygens (including phenoxy) is 1. The molecule has 1 atom stereocenters. The fourth-order valence-electron chi connectivity index (χ4n) is 0.957. The van der Waals surface area contributed by atoms with E-state index in [-0.39, 0.29) is 6.61 Å². The molecule has 0 aliphatic rings. The normalized spacial score (nSPS) is 12.2. The van der Waals surface area contributed by atoms with Gasteiger partial charge in [0.15, 0.2) is 5.38 Å². The second-order valence-corrected chi connectivity index (χ2v) is 4.43. The molecule has 0 spiro atoms. The molecule has 1 N–H and O–H groups in total. The van der Waals surface area contributed by atoms with Crippen LogP contribution in [0, 0.1) is 6.92 Å². The summed E-state index contributed by atoms with van der Waals surface area (Å²) < 4.78 is 6.04. The van der Waals surface area contributed by atoms with Crippen LogP contribution >= 0.6 is 27.5 Å². The highest BCUT2D eigenvalue weighted by atomic mass is 79.9. The van der Waals surface area contributed by atoms with Gasteiger partial charge in [-0.1, -0.05) is 6.07 Å². The molecule has 15 heavy (non-hydrogen) atoms. The van der Waals surface area contributed by atoms with Crippen molar-refractivity contribution < 1.29 is 14.6 Å². The molecular formula is C10H10BrClO3. The van der Waals surface area contributed by atoms with Gasteiger partial charge >= 0.3 is 5.97 Å². The van der Waals surface area contributed by atoms with E-state index in [4.69, 9.17) is 21.4 Å². The number of carboxylic acid groups (broad SMARTS) is 1. The Morgan fingerprint density at radius 1 is 1.67 bits per heavy atom. The molecule has 0 aliphatic heterocycles. The smallest absolute Gasteiger partial charge is 0.325 e. The van der Waals surface area contributed by atoms with E-state index in [0.29, 0.717) is 5.75 Å². The maximum absolute atomic E-state index is 10.4. The fraction of sp³-hybridized carbons (Fsp3) is 0.300. The molecule has 1 unspecified atom stereocenters. The first-order valence-electron chi connectivity index (χ1n) is 4.26. The van der Waals surface area contributed by atoms with E-state index in [2.05, 4.69) is 15.9 Å². The highest BCUT2D eigenvalue weighted by Crippen LogP contribution is 2.25. The summed E-state index contributed by atoms with van der Waals surface area (Å²) in [5.41, 5.74) is 1.09. The summed E-state index contributed by atoms with van der Waals surface area (Å²) in [6.07, 6.45) is 0. The van der Waals surface area contributed by atoms with Crippen LogP contribution in [0.4, 0.5) is 0 Å². The van der Waals surface area contributed by atoms with Crippen LogP contribution in [0.3, 0.4) is 0 Å². The minimum absolute atomic E-state index is 0.0570. The molecule has 82 valence electrons. The van der Waals surface area contributed by atoms with E-state index in [9.17, 15) is 4.79 Å². The average molecular weight is 294 g/mol. The molecule has 0 fully saturated rings. The van der Waals surface area contributed by atoms with E-state index in [0.717, 1.165) is 10.0 Å². The molecular weight excluding hydrogens is 283 g/mol. The Morgan fingerprint density at radius 3 is 2.87 bits per heavy atom. The van der Waals surface area contributed by atoms with Crippen molar-refractivity contribution in [3.05, 3.63) is 28.2 Å². The van der Waals surface area contributed by atoms with E-state index in [1.807, 2.05) is 19.1 Å². The van der Waals surface area contributed by atoms with Crippen LogP contribution in [-0.2, 0) is 4.79 Å². The lowest BCUT2D eigenvalue weighted by molar-refractivity contribution is -0.137. The van der Waals surface area contributed by atoms with Gasteiger partial charge in [-0.25, -0.2) is 0 Å². The van der Waals surface area contributed by atoms with Gasteiger partial charge < -0.3 is 9.84 Å². The standard InChI is InChI=1S/C10H10BrClO3/c1-6-2-3-9(7(11)4-6)15-5-8(12)10(13)14/h2-4,8H,5H2,1H3,(H,13,14). The zero-order valence-corrected chi connectivity index (χ0v) is 10.4. The first kappa shape index (κ1) is 12.3. The number of benzene rings is 1. The summed E-state index contributed by atoms with van der Waals surface area (Å²) in [4.78, 5) is 10.4. The van der Waals surface area contributed by atoms with Crippen molar-refractivity contribution in [3.63, 3.8) is 0 Å². The minimum Gasteiger partial charge on any atom is -0.490 e. The molecule has 5 heteroatoms. The van der Waals surface area contributed by atoms with Crippen LogP contribution < -0.4 is 4.74 Å². The summed E-state index contributed by atoms with van der Waals surface area (Å²) in [6.45, 7) is 1.90. The zero-order valence-electron chi connectivity index (χ0n) is 8.04. The van der Waals surface area contributed by atoms with Gasteiger partial charge in [0.05, 0.1) is 4.47 Å². The Bertz CT molecular complexity index is 368. The van der Waals surface area contributed by atoms with Crippen molar-refractivity contribution in [2.45, 2.75) is 12.3 Å². The maximum atomic E-state index is 10.4. The predicted molar refractivity (Wildman–Crippen MR) is 61.7 cm³/mol.